The summed E-state index contributed by atoms with van der Waals surface area (Å²) in [5.41, 5.74) is 1.24. The molecule has 1 N–H and O–H groups in total. The molecular formula is C15H24N4O2. The Hall–Kier alpha value is -1.53. The van der Waals surface area contributed by atoms with E-state index in [-0.39, 0.29) is 12.5 Å². The molecule has 0 aromatic carbocycles. The quantitative estimate of drug-likeness (QED) is 0.883. The number of rotatable bonds is 4. The number of aromatic nitrogens is 2. The number of hydrogen-bond donors (Lipinski definition) is 1. The average Bonchev–Trinajstić information content (AvgIpc) is 2.46. The Kier molecular flexibility index (Phi) is 5.25. The van der Waals surface area contributed by atoms with Crippen molar-refractivity contribution in [3.05, 3.63) is 23.3 Å². The molecule has 1 amide bonds. The SMILES string of the molecule is Cc1cc(C(=O)N(C)CCO)nc(C2CCN(C)CC2)n1. The topological polar surface area (TPSA) is 69.6 Å². The Bertz CT molecular complexity index is 498. The van der Waals surface area contributed by atoms with Crippen LogP contribution in [-0.2, 0) is 0 Å². The Morgan fingerprint density at radius 2 is 2.10 bits per heavy atom. The van der Waals surface area contributed by atoms with E-state index >= 15 is 0 Å². The van der Waals surface area contributed by atoms with Gasteiger partial charge in [0.05, 0.1) is 6.61 Å². The second-order valence-electron chi connectivity index (χ2n) is 5.78. The summed E-state index contributed by atoms with van der Waals surface area (Å²) < 4.78 is 0. The van der Waals surface area contributed by atoms with E-state index in [4.69, 9.17) is 5.11 Å². The molecule has 1 aromatic heterocycles. The minimum Gasteiger partial charge on any atom is -0.395 e. The van der Waals surface area contributed by atoms with Crippen LogP contribution in [0, 0.1) is 6.92 Å². The first-order chi connectivity index (χ1) is 10.0. The lowest BCUT2D eigenvalue weighted by Gasteiger charge is -2.28. The van der Waals surface area contributed by atoms with Crippen LogP contribution in [-0.4, -0.2) is 71.1 Å². The lowest BCUT2D eigenvalue weighted by molar-refractivity contribution is 0.0760. The summed E-state index contributed by atoms with van der Waals surface area (Å²) in [6.45, 7) is 4.23. The normalized spacial score (nSPS) is 17.0. The van der Waals surface area contributed by atoms with Crippen LogP contribution in [0.5, 0.6) is 0 Å². The van der Waals surface area contributed by atoms with Crippen molar-refractivity contribution in [3.8, 4) is 0 Å². The zero-order chi connectivity index (χ0) is 15.4. The maximum atomic E-state index is 12.3. The number of aliphatic hydroxyl groups is 1. The minimum atomic E-state index is -0.163. The lowest BCUT2D eigenvalue weighted by Crippen LogP contribution is -2.32. The van der Waals surface area contributed by atoms with Crippen molar-refractivity contribution in [1.82, 2.24) is 19.8 Å². The van der Waals surface area contributed by atoms with Crippen molar-refractivity contribution in [2.45, 2.75) is 25.7 Å². The summed E-state index contributed by atoms with van der Waals surface area (Å²) in [4.78, 5) is 25.1. The van der Waals surface area contributed by atoms with Crippen LogP contribution in [0.3, 0.4) is 0 Å². The number of likely N-dealkylation sites (tertiary alicyclic amines) is 1. The third kappa shape index (κ3) is 3.98. The maximum absolute atomic E-state index is 12.3. The summed E-state index contributed by atoms with van der Waals surface area (Å²) in [6.07, 6.45) is 2.06. The van der Waals surface area contributed by atoms with Crippen LogP contribution in [0.4, 0.5) is 0 Å². The Balaban J connectivity index is 2.19. The molecule has 0 spiro atoms. The highest BCUT2D eigenvalue weighted by molar-refractivity contribution is 5.92. The van der Waals surface area contributed by atoms with Crippen molar-refractivity contribution in [2.24, 2.45) is 0 Å². The molecule has 1 aliphatic heterocycles. The second-order valence-corrected chi connectivity index (χ2v) is 5.78. The van der Waals surface area contributed by atoms with Crippen LogP contribution in [0.1, 0.15) is 40.8 Å². The summed E-state index contributed by atoms with van der Waals surface area (Å²) in [5, 5.41) is 8.94. The number of carbonyl (C=O) groups excluding carboxylic acids is 1. The van der Waals surface area contributed by atoms with Gasteiger partial charge in [0.1, 0.15) is 11.5 Å². The first-order valence-electron chi connectivity index (χ1n) is 7.41. The van der Waals surface area contributed by atoms with Gasteiger partial charge in [-0.1, -0.05) is 0 Å². The highest BCUT2D eigenvalue weighted by Crippen LogP contribution is 2.25. The largest absolute Gasteiger partial charge is 0.395 e. The molecule has 2 heterocycles. The lowest BCUT2D eigenvalue weighted by atomic mass is 9.96. The van der Waals surface area contributed by atoms with E-state index in [1.54, 1.807) is 13.1 Å². The highest BCUT2D eigenvalue weighted by Gasteiger charge is 2.23. The number of hydrogen-bond acceptors (Lipinski definition) is 5. The zero-order valence-corrected chi connectivity index (χ0v) is 13.0. The molecule has 116 valence electrons. The minimum absolute atomic E-state index is 0.0475. The van der Waals surface area contributed by atoms with E-state index in [1.807, 2.05) is 6.92 Å². The Morgan fingerprint density at radius 1 is 1.43 bits per heavy atom. The van der Waals surface area contributed by atoms with Crippen LogP contribution in [0.15, 0.2) is 6.07 Å². The Morgan fingerprint density at radius 3 is 2.71 bits per heavy atom. The van der Waals surface area contributed by atoms with Gasteiger partial charge in [0.25, 0.3) is 5.91 Å². The van der Waals surface area contributed by atoms with Crippen molar-refractivity contribution in [3.63, 3.8) is 0 Å². The molecule has 2 rings (SSSR count). The number of aryl methyl sites for hydroxylation is 1. The molecule has 1 saturated heterocycles. The van der Waals surface area contributed by atoms with E-state index in [1.165, 1.54) is 4.90 Å². The molecule has 0 bridgehead atoms. The first kappa shape index (κ1) is 15.9. The van der Waals surface area contributed by atoms with Gasteiger partial charge < -0.3 is 14.9 Å². The monoisotopic (exact) mass is 292 g/mol. The third-order valence-electron chi connectivity index (χ3n) is 3.96. The molecule has 1 aliphatic rings. The van der Waals surface area contributed by atoms with Crippen LogP contribution in [0.2, 0.25) is 0 Å². The van der Waals surface area contributed by atoms with Gasteiger partial charge in [0, 0.05) is 25.2 Å². The molecule has 21 heavy (non-hydrogen) atoms. The van der Waals surface area contributed by atoms with Gasteiger partial charge >= 0.3 is 0 Å². The second kappa shape index (κ2) is 6.95. The molecule has 6 nitrogen and oxygen atoms in total. The molecule has 0 saturated carbocycles. The summed E-state index contributed by atoms with van der Waals surface area (Å²) in [6, 6.07) is 1.72. The first-order valence-corrected chi connectivity index (χ1v) is 7.41. The van der Waals surface area contributed by atoms with E-state index < -0.39 is 0 Å². The summed E-state index contributed by atoms with van der Waals surface area (Å²) >= 11 is 0. The summed E-state index contributed by atoms with van der Waals surface area (Å²) in [5.74, 6) is 0.948. The maximum Gasteiger partial charge on any atom is 0.272 e. The molecule has 0 aliphatic carbocycles. The predicted molar refractivity (Wildman–Crippen MR) is 80.3 cm³/mol. The van der Waals surface area contributed by atoms with Crippen molar-refractivity contribution in [2.75, 3.05) is 40.3 Å². The fraction of sp³-hybridized carbons (Fsp3) is 0.667. The van der Waals surface area contributed by atoms with Gasteiger partial charge in [0.2, 0.25) is 0 Å². The van der Waals surface area contributed by atoms with Crippen LogP contribution >= 0.6 is 0 Å². The number of amides is 1. The number of nitrogens with zero attached hydrogens (tertiary/aromatic N) is 4. The van der Waals surface area contributed by atoms with Gasteiger partial charge in [-0.25, -0.2) is 9.97 Å². The molecule has 1 fully saturated rings. The Labute approximate surface area is 125 Å². The number of likely N-dealkylation sites (N-methyl/N-ethyl adjacent to an activating group) is 1. The van der Waals surface area contributed by atoms with E-state index in [9.17, 15) is 4.79 Å². The molecule has 6 heteroatoms. The van der Waals surface area contributed by atoms with Gasteiger partial charge in [-0.15, -0.1) is 0 Å². The molecular weight excluding hydrogens is 268 g/mol. The smallest absolute Gasteiger partial charge is 0.272 e. The predicted octanol–water partition coefficient (Wildman–Crippen LogP) is 0.659. The van der Waals surface area contributed by atoms with E-state index in [0.717, 1.165) is 37.4 Å². The fourth-order valence-corrected chi connectivity index (χ4v) is 2.60. The average molecular weight is 292 g/mol. The number of carbonyl (C=O) groups is 1. The molecule has 0 atom stereocenters. The molecule has 0 unspecified atom stereocenters. The van der Waals surface area contributed by atoms with Gasteiger partial charge in [-0.05, 0) is 46.0 Å². The fourth-order valence-electron chi connectivity index (χ4n) is 2.60. The van der Waals surface area contributed by atoms with Crippen molar-refractivity contribution >= 4 is 5.91 Å². The number of aliphatic hydroxyl groups excluding tert-OH is 1. The molecule has 0 radical (unpaired) electrons. The van der Waals surface area contributed by atoms with Gasteiger partial charge in [-0.2, -0.15) is 0 Å². The third-order valence-corrected chi connectivity index (χ3v) is 3.96. The van der Waals surface area contributed by atoms with Gasteiger partial charge in [-0.3, -0.25) is 4.79 Å². The zero-order valence-electron chi connectivity index (χ0n) is 13.0. The van der Waals surface area contributed by atoms with Crippen molar-refractivity contribution < 1.29 is 9.90 Å². The standard InChI is InChI=1S/C15H24N4O2/c1-11-10-13(15(21)19(3)8-9-20)17-14(16-11)12-4-6-18(2)7-5-12/h10,12,20H,4-9H2,1-3H3. The van der Waals surface area contributed by atoms with Crippen molar-refractivity contribution in [1.29, 1.82) is 0 Å². The van der Waals surface area contributed by atoms with E-state index in [2.05, 4.69) is 21.9 Å². The molecule has 1 aromatic rings. The van der Waals surface area contributed by atoms with E-state index in [0.29, 0.717) is 18.2 Å². The number of piperidine rings is 1. The highest BCUT2D eigenvalue weighted by atomic mass is 16.3. The van der Waals surface area contributed by atoms with Gasteiger partial charge in [0.15, 0.2) is 0 Å². The summed E-state index contributed by atoms with van der Waals surface area (Å²) in [7, 11) is 3.79. The van der Waals surface area contributed by atoms with Crippen LogP contribution < -0.4 is 0 Å². The van der Waals surface area contributed by atoms with Crippen LogP contribution in [0.25, 0.3) is 0 Å².